The van der Waals surface area contributed by atoms with Crippen LogP contribution in [0.4, 0.5) is 0 Å². The Labute approximate surface area is 85.5 Å². The molecule has 0 aromatic heterocycles. The van der Waals surface area contributed by atoms with Crippen LogP contribution >= 0.6 is 0 Å². The number of hydrogen-bond acceptors (Lipinski definition) is 2. The van der Waals surface area contributed by atoms with Crippen molar-refractivity contribution in [3.63, 3.8) is 0 Å². The average molecular weight is 193 g/mol. The van der Waals surface area contributed by atoms with Crippen molar-refractivity contribution in [2.24, 2.45) is 0 Å². The summed E-state index contributed by atoms with van der Waals surface area (Å²) in [6.45, 7) is 6.28. The van der Waals surface area contributed by atoms with Gasteiger partial charge in [-0.05, 0) is 37.5 Å². The van der Waals surface area contributed by atoms with Crippen LogP contribution in [0.5, 0.6) is 5.75 Å². The molecule has 0 saturated heterocycles. The molecule has 0 saturated carbocycles. The van der Waals surface area contributed by atoms with Crippen molar-refractivity contribution in [3.8, 4) is 5.75 Å². The van der Waals surface area contributed by atoms with Crippen LogP contribution in [0.2, 0.25) is 0 Å². The van der Waals surface area contributed by atoms with Crippen LogP contribution in [-0.4, -0.2) is 17.8 Å². The first-order valence-electron chi connectivity index (χ1n) is 4.95. The molecule has 0 fully saturated rings. The zero-order valence-corrected chi connectivity index (χ0v) is 8.57. The molecule has 1 aromatic carbocycles. The maximum Gasteiger partial charge on any atom is 0.119 e. The monoisotopic (exact) mass is 193 g/mol. The molecule has 77 valence electrons. The third-order valence-electron chi connectivity index (χ3n) is 2.01. The molecule has 1 radical (unpaired) electrons. The number of benzene rings is 1. The maximum absolute atomic E-state index is 9.43. The van der Waals surface area contributed by atoms with Gasteiger partial charge in [0.15, 0.2) is 0 Å². The molecule has 0 aliphatic heterocycles. The van der Waals surface area contributed by atoms with Crippen molar-refractivity contribution in [2.75, 3.05) is 6.61 Å². The highest BCUT2D eigenvalue weighted by atomic mass is 16.5. The van der Waals surface area contributed by atoms with E-state index in [-0.39, 0.29) is 6.10 Å². The fraction of sp³-hybridized carbons (Fsp3) is 0.417. The third-order valence-corrected chi connectivity index (χ3v) is 2.01. The third kappa shape index (κ3) is 3.38. The number of rotatable bonds is 5. The second-order valence-corrected chi connectivity index (χ2v) is 3.23. The Morgan fingerprint density at radius 1 is 1.50 bits per heavy atom. The van der Waals surface area contributed by atoms with Crippen LogP contribution in [-0.2, 0) is 6.42 Å². The summed E-state index contributed by atoms with van der Waals surface area (Å²) >= 11 is 0. The fourth-order valence-corrected chi connectivity index (χ4v) is 1.30. The smallest absolute Gasteiger partial charge is 0.119 e. The lowest BCUT2D eigenvalue weighted by molar-refractivity contribution is 0.177. The van der Waals surface area contributed by atoms with Crippen molar-refractivity contribution in [2.45, 2.75) is 25.9 Å². The van der Waals surface area contributed by atoms with Gasteiger partial charge in [-0.25, -0.2) is 0 Å². The van der Waals surface area contributed by atoms with Crippen LogP contribution in [0.25, 0.3) is 0 Å². The largest absolute Gasteiger partial charge is 0.494 e. The standard InChI is InChI=1S/C12H17O2/c1-3-11(13)8-10-6-5-7-12(9-10)14-4-2/h5-7,9,11,13H,1,3-4,8H2,2H3. The van der Waals surface area contributed by atoms with Crippen LogP contribution in [0.15, 0.2) is 24.3 Å². The normalized spacial score (nSPS) is 12.5. The minimum atomic E-state index is -0.355. The van der Waals surface area contributed by atoms with E-state index in [4.69, 9.17) is 4.74 Å². The number of ether oxygens (including phenoxy) is 1. The molecule has 2 heteroatoms. The van der Waals surface area contributed by atoms with Gasteiger partial charge in [0.1, 0.15) is 5.75 Å². The molecule has 1 N–H and O–H groups in total. The summed E-state index contributed by atoms with van der Waals surface area (Å²) in [7, 11) is 0. The summed E-state index contributed by atoms with van der Waals surface area (Å²) in [4.78, 5) is 0. The lowest BCUT2D eigenvalue weighted by atomic mass is 10.1. The number of aliphatic hydroxyl groups is 1. The molecule has 0 bridgehead atoms. The first-order valence-corrected chi connectivity index (χ1v) is 4.95. The topological polar surface area (TPSA) is 29.5 Å². The first-order chi connectivity index (χ1) is 6.76. The van der Waals surface area contributed by atoms with E-state index in [0.29, 0.717) is 19.4 Å². The van der Waals surface area contributed by atoms with Crippen molar-refractivity contribution in [1.82, 2.24) is 0 Å². The number of aliphatic hydroxyl groups excluding tert-OH is 1. The molecule has 0 aliphatic carbocycles. The molecule has 0 aliphatic rings. The summed E-state index contributed by atoms with van der Waals surface area (Å²) in [6.07, 6.45) is 0.829. The Bertz CT molecular complexity index is 271. The molecule has 2 nitrogen and oxygen atoms in total. The van der Waals surface area contributed by atoms with Gasteiger partial charge in [-0.3, -0.25) is 0 Å². The number of hydrogen-bond donors (Lipinski definition) is 1. The molecule has 1 aromatic rings. The van der Waals surface area contributed by atoms with Crippen molar-refractivity contribution < 1.29 is 9.84 Å². The van der Waals surface area contributed by atoms with Crippen molar-refractivity contribution in [1.29, 1.82) is 0 Å². The van der Waals surface area contributed by atoms with E-state index in [1.807, 2.05) is 31.2 Å². The molecular formula is C12H17O2. The summed E-state index contributed by atoms with van der Waals surface area (Å²) in [5.74, 6) is 0.862. The summed E-state index contributed by atoms with van der Waals surface area (Å²) in [6, 6.07) is 7.81. The van der Waals surface area contributed by atoms with Crippen LogP contribution in [0.1, 0.15) is 18.9 Å². The highest BCUT2D eigenvalue weighted by Gasteiger charge is 2.03. The van der Waals surface area contributed by atoms with Crippen molar-refractivity contribution in [3.05, 3.63) is 36.8 Å². The highest BCUT2D eigenvalue weighted by molar-refractivity contribution is 5.28. The van der Waals surface area contributed by atoms with Gasteiger partial charge in [0.05, 0.1) is 12.7 Å². The van der Waals surface area contributed by atoms with Gasteiger partial charge in [0.2, 0.25) is 0 Å². The Hall–Kier alpha value is -1.02. The molecule has 14 heavy (non-hydrogen) atoms. The molecule has 0 spiro atoms. The SMILES string of the molecule is [CH2]CC(O)Cc1cccc(OCC)c1. The average Bonchev–Trinajstić information content (AvgIpc) is 2.19. The zero-order valence-electron chi connectivity index (χ0n) is 8.57. The quantitative estimate of drug-likeness (QED) is 0.777. The lowest BCUT2D eigenvalue weighted by Crippen LogP contribution is -2.08. The lowest BCUT2D eigenvalue weighted by Gasteiger charge is -2.09. The van der Waals surface area contributed by atoms with E-state index in [9.17, 15) is 5.11 Å². The van der Waals surface area contributed by atoms with E-state index in [0.717, 1.165) is 11.3 Å². The molecule has 0 heterocycles. The molecule has 1 atom stereocenters. The van der Waals surface area contributed by atoms with Crippen LogP contribution in [0.3, 0.4) is 0 Å². The second-order valence-electron chi connectivity index (χ2n) is 3.23. The van der Waals surface area contributed by atoms with Gasteiger partial charge < -0.3 is 9.84 Å². The Balaban J connectivity index is 2.63. The summed E-state index contributed by atoms with van der Waals surface area (Å²) in [5, 5.41) is 9.43. The highest BCUT2D eigenvalue weighted by Crippen LogP contribution is 2.15. The molecule has 0 amide bonds. The predicted molar refractivity (Wildman–Crippen MR) is 57.3 cm³/mol. The maximum atomic E-state index is 9.43. The Morgan fingerprint density at radius 3 is 2.93 bits per heavy atom. The fourth-order valence-electron chi connectivity index (χ4n) is 1.30. The van der Waals surface area contributed by atoms with E-state index >= 15 is 0 Å². The molecular weight excluding hydrogens is 176 g/mol. The van der Waals surface area contributed by atoms with Crippen LogP contribution in [0, 0.1) is 6.92 Å². The van der Waals surface area contributed by atoms with Gasteiger partial charge in [-0.15, -0.1) is 0 Å². The van der Waals surface area contributed by atoms with E-state index < -0.39 is 0 Å². The first kappa shape index (κ1) is 11.1. The van der Waals surface area contributed by atoms with Crippen molar-refractivity contribution >= 4 is 0 Å². The van der Waals surface area contributed by atoms with Gasteiger partial charge >= 0.3 is 0 Å². The minimum Gasteiger partial charge on any atom is -0.494 e. The van der Waals surface area contributed by atoms with Gasteiger partial charge in [0, 0.05) is 0 Å². The summed E-state index contributed by atoms with van der Waals surface area (Å²) < 4.78 is 5.36. The van der Waals surface area contributed by atoms with E-state index in [1.54, 1.807) is 0 Å². The minimum absolute atomic E-state index is 0.355. The van der Waals surface area contributed by atoms with E-state index in [1.165, 1.54) is 0 Å². The molecule has 1 unspecified atom stereocenters. The predicted octanol–water partition coefficient (Wildman–Crippen LogP) is 2.21. The Kier molecular flexibility index (Phi) is 4.47. The van der Waals surface area contributed by atoms with Gasteiger partial charge in [-0.2, -0.15) is 0 Å². The molecule has 1 rings (SSSR count). The Morgan fingerprint density at radius 2 is 2.29 bits per heavy atom. The zero-order chi connectivity index (χ0) is 10.4. The summed E-state index contributed by atoms with van der Waals surface area (Å²) in [5.41, 5.74) is 1.09. The van der Waals surface area contributed by atoms with E-state index in [2.05, 4.69) is 6.92 Å². The van der Waals surface area contributed by atoms with Gasteiger partial charge in [-0.1, -0.05) is 19.1 Å². The van der Waals surface area contributed by atoms with Gasteiger partial charge in [0.25, 0.3) is 0 Å². The van der Waals surface area contributed by atoms with Crippen LogP contribution < -0.4 is 4.74 Å². The second kappa shape index (κ2) is 5.66.